The number of benzene rings is 1. The molecule has 2 aromatic rings. The number of hydrogen-bond donors (Lipinski definition) is 2. The normalized spacial score (nSPS) is 15.7. The van der Waals surface area contributed by atoms with Crippen LogP contribution in [0.3, 0.4) is 0 Å². The molecule has 2 heterocycles. The topological polar surface area (TPSA) is 104 Å². The number of fused-ring (bicyclic) bond motifs is 1. The van der Waals surface area contributed by atoms with Gasteiger partial charge < -0.3 is 14.8 Å². The van der Waals surface area contributed by atoms with Crippen molar-refractivity contribution in [2.75, 3.05) is 19.5 Å². The number of halogens is 1. The van der Waals surface area contributed by atoms with Gasteiger partial charge in [0.25, 0.3) is 5.56 Å². The van der Waals surface area contributed by atoms with E-state index in [4.69, 9.17) is 9.47 Å². The van der Waals surface area contributed by atoms with E-state index in [1.807, 2.05) is 0 Å². The molecule has 0 spiro atoms. The Balaban J connectivity index is 2.30. The van der Waals surface area contributed by atoms with E-state index in [-0.39, 0.29) is 11.4 Å². The molecule has 9 nitrogen and oxygen atoms in total. The Bertz CT molecular complexity index is 1030. The van der Waals surface area contributed by atoms with Gasteiger partial charge in [0.1, 0.15) is 5.82 Å². The van der Waals surface area contributed by atoms with E-state index in [2.05, 4.69) is 26.6 Å². The first kappa shape index (κ1) is 18.1. The average molecular weight is 425 g/mol. The molecule has 1 aliphatic rings. The van der Waals surface area contributed by atoms with Gasteiger partial charge in [-0.05, 0) is 33.6 Å². The van der Waals surface area contributed by atoms with Crippen LogP contribution in [0, 0.1) is 0 Å². The highest BCUT2D eigenvalue weighted by Gasteiger charge is 2.32. The van der Waals surface area contributed by atoms with Crippen LogP contribution in [0.4, 0.5) is 10.6 Å². The highest BCUT2D eigenvalue weighted by molar-refractivity contribution is 9.10. The lowest BCUT2D eigenvalue weighted by atomic mass is 9.98. The minimum absolute atomic E-state index is 0.165. The molecule has 1 aromatic heterocycles. The van der Waals surface area contributed by atoms with Crippen LogP contribution in [0.2, 0.25) is 0 Å². The summed E-state index contributed by atoms with van der Waals surface area (Å²) in [4.78, 5) is 37.0. The van der Waals surface area contributed by atoms with Gasteiger partial charge in [-0.25, -0.2) is 9.59 Å². The van der Waals surface area contributed by atoms with Crippen molar-refractivity contribution in [1.29, 1.82) is 0 Å². The van der Waals surface area contributed by atoms with E-state index in [1.165, 1.54) is 32.9 Å². The number of methoxy groups -OCH3 is 2. The minimum Gasteiger partial charge on any atom is -0.493 e. The molecule has 0 aliphatic carbocycles. The maximum atomic E-state index is 12.7. The number of hydrogen-bond acceptors (Lipinski definition) is 5. The van der Waals surface area contributed by atoms with E-state index in [0.29, 0.717) is 21.5 Å². The Labute approximate surface area is 156 Å². The molecule has 1 aliphatic heterocycles. The maximum absolute atomic E-state index is 12.7. The Hall–Kier alpha value is -2.75. The third-order valence-corrected chi connectivity index (χ3v) is 4.87. The first-order chi connectivity index (χ1) is 12.3. The Kier molecular flexibility index (Phi) is 4.53. The first-order valence-corrected chi connectivity index (χ1v) is 8.38. The van der Waals surface area contributed by atoms with Crippen LogP contribution in [-0.2, 0) is 14.1 Å². The molecule has 2 amide bonds. The van der Waals surface area contributed by atoms with Crippen LogP contribution in [0.25, 0.3) is 0 Å². The van der Waals surface area contributed by atoms with Crippen molar-refractivity contribution in [3.05, 3.63) is 48.6 Å². The number of aromatic nitrogens is 2. The quantitative estimate of drug-likeness (QED) is 0.767. The number of anilines is 1. The predicted molar refractivity (Wildman–Crippen MR) is 98.2 cm³/mol. The maximum Gasteiger partial charge on any atom is 0.332 e. The summed E-state index contributed by atoms with van der Waals surface area (Å²) >= 11 is 3.41. The van der Waals surface area contributed by atoms with Gasteiger partial charge in [-0.2, -0.15) is 0 Å². The molecule has 0 saturated carbocycles. The van der Waals surface area contributed by atoms with Gasteiger partial charge in [0, 0.05) is 14.1 Å². The Morgan fingerprint density at radius 1 is 1.08 bits per heavy atom. The molecule has 1 aromatic carbocycles. The van der Waals surface area contributed by atoms with E-state index in [0.717, 1.165) is 4.57 Å². The molecule has 0 radical (unpaired) electrons. The van der Waals surface area contributed by atoms with E-state index in [9.17, 15) is 14.4 Å². The average Bonchev–Trinajstić information content (AvgIpc) is 2.63. The zero-order valence-corrected chi connectivity index (χ0v) is 16.1. The van der Waals surface area contributed by atoms with Crippen LogP contribution in [0.15, 0.2) is 26.2 Å². The summed E-state index contributed by atoms with van der Waals surface area (Å²) in [5.41, 5.74) is -0.163. The van der Waals surface area contributed by atoms with Crippen LogP contribution in [0.5, 0.6) is 11.5 Å². The molecule has 3 rings (SSSR count). The summed E-state index contributed by atoms with van der Waals surface area (Å²) in [7, 11) is 5.89. The smallest absolute Gasteiger partial charge is 0.332 e. The van der Waals surface area contributed by atoms with Crippen molar-refractivity contribution < 1.29 is 14.3 Å². The summed E-state index contributed by atoms with van der Waals surface area (Å²) in [5.74, 6) is 1.09. The van der Waals surface area contributed by atoms with Crippen molar-refractivity contribution in [3.63, 3.8) is 0 Å². The number of carbonyl (C=O) groups is 1. The third-order valence-electron chi connectivity index (χ3n) is 4.28. The molecule has 0 fully saturated rings. The first-order valence-electron chi connectivity index (χ1n) is 7.59. The molecule has 0 unspecified atom stereocenters. The standard InChI is InChI=1S/C16H17BrN4O5/c1-20-13-10(14(22)21(2)16(20)24)11(18-15(23)19-13)7-5-8(17)12(26-4)9(6-7)25-3/h5-6,11H,1-4H3,(H2,18,19,23)/t11-/m1/s1. The number of nitrogens with zero attached hydrogens (tertiary/aromatic N) is 2. The lowest BCUT2D eigenvalue weighted by molar-refractivity contribution is 0.248. The predicted octanol–water partition coefficient (Wildman–Crippen LogP) is 1.09. The summed E-state index contributed by atoms with van der Waals surface area (Å²) in [5, 5.41) is 5.26. The number of ether oxygens (including phenoxy) is 2. The molecule has 26 heavy (non-hydrogen) atoms. The zero-order valence-electron chi connectivity index (χ0n) is 14.5. The number of amides is 2. The fraction of sp³-hybridized carbons (Fsp3) is 0.312. The van der Waals surface area contributed by atoms with Crippen molar-refractivity contribution in [3.8, 4) is 11.5 Å². The molecule has 2 N–H and O–H groups in total. The van der Waals surface area contributed by atoms with Gasteiger partial charge in [0.2, 0.25) is 0 Å². The zero-order chi connectivity index (χ0) is 19.2. The molecular weight excluding hydrogens is 408 g/mol. The van der Waals surface area contributed by atoms with Crippen molar-refractivity contribution in [2.45, 2.75) is 6.04 Å². The third kappa shape index (κ3) is 2.66. The van der Waals surface area contributed by atoms with E-state index in [1.54, 1.807) is 12.1 Å². The van der Waals surface area contributed by atoms with Gasteiger partial charge in [-0.1, -0.05) is 0 Å². The summed E-state index contributed by atoms with van der Waals surface area (Å²) < 4.78 is 13.5. The molecule has 0 bridgehead atoms. The second-order valence-corrected chi connectivity index (χ2v) is 6.59. The lowest BCUT2D eigenvalue weighted by Crippen LogP contribution is -2.49. The van der Waals surface area contributed by atoms with Crippen LogP contribution >= 0.6 is 15.9 Å². The molecular formula is C16H17BrN4O5. The molecule has 1 atom stereocenters. The van der Waals surface area contributed by atoms with Gasteiger partial charge >= 0.3 is 11.7 Å². The van der Waals surface area contributed by atoms with Crippen molar-refractivity contribution >= 4 is 27.8 Å². The number of carbonyl (C=O) groups excluding carboxylic acids is 1. The van der Waals surface area contributed by atoms with Crippen molar-refractivity contribution in [1.82, 2.24) is 14.5 Å². The highest BCUT2D eigenvalue weighted by Crippen LogP contribution is 2.39. The summed E-state index contributed by atoms with van der Waals surface area (Å²) in [6.07, 6.45) is 0. The Morgan fingerprint density at radius 3 is 2.38 bits per heavy atom. The largest absolute Gasteiger partial charge is 0.493 e. The monoisotopic (exact) mass is 424 g/mol. The second kappa shape index (κ2) is 6.52. The van der Waals surface area contributed by atoms with Gasteiger partial charge in [0.05, 0.1) is 30.3 Å². The van der Waals surface area contributed by atoms with Crippen LogP contribution in [-0.4, -0.2) is 29.4 Å². The molecule has 0 saturated heterocycles. The summed E-state index contributed by atoms with van der Waals surface area (Å²) in [6.45, 7) is 0. The SMILES string of the molecule is COc1cc([C@H]2NC(=O)Nc3c2c(=O)n(C)c(=O)n3C)cc(Br)c1OC. The fourth-order valence-electron chi connectivity index (χ4n) is 2.98. The van der Waals surface area contributed by atoms with Crippen LogP contribution in [0.1, 0.15) is 17.2 Å². The highest BCUT2D eigenvalue weighted by atomic mass is 79.9. The molecule has 10 heteroatoms. The Morgan fingerprint density at radius 2 is 1.77 bits per heavy atom. The van der Waals surface area contributed by atoms with Crippen molar-refractivity contribution in [2.24, 2.45) is 14.1 Å². The number of rotatable bonds is 3. The lowest BCUT2D eigenvalue weighted by Gasteiger charge is -2.29. The van der Waals surface area contributed by atoms with Gasteiger partial charge in [0.15, 0.2) is 11.5 Å². The van der Waals surface area contributed by atoms with E-state index >= 15 is 0 Å². The number of urea groups is 1. The van der Waals surface area contributed by atoms with E-state index < -0.39 is 23.3 Å². The van der Waals surface area contributed by atoms with Gasteiger partial charge in [-0.15, -0.1) is 0 Å². The minimum atomic E-state index is -0.764. The fourth-order valence-corrected chi connectivity index (χ4v) is 3.60. The van der Waals surface area contributed by atoms with Crippen LogP contribution < -0.4 is 31.4 Å². The molecule has 138 valence electrons. The van der Waals surface area contributed by atoms with Gasteiger partial charge in [-0.3, -0.25) is 19.2 Å². The number of nitrogens with one attached hydrogen (secondary N) is 2. The summed E-state index contributed by atoms with van der Waals surface area (Å²) in [6, 6.07) is 2.12. The second-order valence-electron chi connectivity index (χ2n) is 5.74.